The molecule has 0 aliphatic rings. The van der Waals surface area contributed by atoms with Crippen molar-refractivity contribution < 1.29 is 13.2 Å². The van der Waals surface area contributed by atoms with Crippen molar-refractivity contribution in [1.29, 1.82) is 0 Å². The zero-order chi connectivity index (χ0) is 20.0. The maximum absolute atomic E-state index is 12.4. The number of carbonyl (C=O) groups excluding carboxylic acids is 1. The molecule has 27 heavy (non-hydrogen) atoms. The van der Waals surface area contributed by atoms with Gasteiger partial charge in [0.1, 0.15) is 0 Å². The number of hydrogen-bond acceptors (Lipinski definition) is 3. The Balaban J connectivity index is 1.99. The quantitative estimate of drug-likeness (QED) is 0.666. The van der Waals surface area contributed by atoms with E-state index < -0.39 is 10.0 Å². The van der Waals surface area contributed by atoms with Crippen LogP contribution in [0.4, 0.5) is 5.69 Å². The van der Waals surface area contributed by atoms with Crippen LogP contribution in [0, 0.1) is 6.92 Å². The van der Waals surface area contributed by atoms with Crippen LogP contribution >= 0.6 is 11.6 Å². The standard InChI is InChI=1S/C20H25ClN2O3S/c1-16-11-12-18(21)14-19(16)23(27(3,25)26)13-7-10-20(24)22(2)15-17-8-5-4-6-9-17/h4-6,8-9,11-12,14H,7,10,13,15H2,1-3H3. The fourth-order valence-electron chi connectivity index (χ4n) is 2.83. The maximum Gasteiger partial charge on any atom is 0.232 e. The van der Waals surface area contributed by atoms with E-state index in [1.807, 2.05) is 37.3 Å². The molecule has 0 radical (unpaired) electrons. The lowest BCUT2D eigenvalue weighted by atomic mass is 10.2. The predicted molar refractivity (Wildman–Crippen MR) is 111 cm³/mol. The number of anilines is 1. The fourth-order valence-corrected chi connectivity index (χ4v) is 4.01. The summed E-state index contributed by atoms with van der Waals surface area (Å²) in [5, 5.41) is 0.475. The number of carbonyl (C=O) groups is 1. The lowest BCUT2D eigenvalue weighted by Gasteiger charge is -2.25. The molecule has 1 amide bonds. The van der Waals surface area contributed by atoms with E-state index in [9.17, 15) is 13.2 Å². The van der Waals surface area contributed by atoms with E-state index in [2.05, 4.69) is 0 Å². The van der Waals surface area contributed by atoms with Crippen LogP contribution in [0.25, 0.3) is 0 Å². The Morgan fingerprint density at radius 1 is 1.11 bits per heavy atom. The summed E-state index contributed by atoms with van der Waals surface area (Å²) in [6.45, 7) is 2.59. The van der Waals surface area contributed by atoms with Crippen LogP contribution in [0.1, 0.15) is 24.0 Å². The first-order chi connectivity index (χ1) is 12.7. The first-order valence-corrected chi connectivity index (χ1v) is 10.9. The van der Waals surface area contributed by atoms with Gasteiger partial charge in [-0.25, -0.2) is 8.42 Å². The lowest BCUT2D eigenvalue weighted by molar-refractivity contribution is -0.130. The molecule has 5 nitrogen and oxygen atoms in total. The van der Waals surface area contributed by atoms with Gasteiger partial charge in [0, 0.05) is 31.6 Å². The summed E-state index contributed by atoms with van der Waals surface area (Å²) in [6, 6.07) is 14.9. The van der Waals surface area contributed by atoms with Crippen LogP contribution in [0.5, 0.6) is 0 Å². The van der Waals surface area contributed by atoms with Gasteiger partial charge in [0.2, 0.25) is 15.9 Å². The van der Waals surface area contributed by atoms with Crippen molar-refractivity contribution in [2.24, 2.45) is 0 Å². The highest BCUT2D eigenvalue weighted by Gasteiger charge is 2.20. The van der Waals surface area contributed by atoms with Crippen LogP contribution in [0.3, 0.4) is 0 Å². The normalized spacial score (nSPS) is 11.3. The predicted octanol–water partition coefficient (Wildman–Crippen LogP) is 3.85. The van der Waals surface area contributed by atoms with Crippen LogP contribution < -0.4 is 4.31 Å². The number of rotatable bonds is 8. The summed E-state index contributed by atoms with van der Waals surface area (Å²) in [5.74, 6) is -0.0184. The molecule has 0 fully saturated rings. The largest absolute Gasteiger partial charge is 0.341 e. The molecule has 2 aromatic rings. The first kappa shape index (κ1) is 21.3. The molecule has 0 atom stereocenters. The summed E-state index contributed by atoms with van der Waals surface area (Å²) < 4.78 is 25.8. The van der Waals surface area contributed by atoms with Gasteiger partial charge in [-0.2, -0.15) is 0 Å². The topological polar surface area (TPSA) is 57.7 Å². The van der Waals surface area contributed by atoms with E-state index in [0.717, 1.165) is 17.4 Å². The van der Waals surface area contributed by atoms with Crippen LogP contribution in [0.15, 0.2) is 48.5 Å². The van der Waals surface area contributed by atoms with E-state index in [1.165, 1.54) is 4.31 Å². The van der Waals surface area contributed by atoms with Gasteiger partial charge in [0.25, 0.3) is 0 Å². The Morgan fingerprint density at radius 3 is 2.41 bits per heavy atom. The maximum atomic E-state index is 12.4. The van der Waals surface area contributed by atoms with Crippen LogP contribution in [0.2, 0.25) is 5.02 Å². The molecule has 0 bridgehead atoms. The van der Waals surface area contributed by atoms with E-state index in [4.69, 9.17) is 11.6 Å². The first-order valence-electron chi connectivity index (χ1n) is 8.70. The van der Waals surface area contributed by atoms with Gasteiger partial charge in [-0.05, 0) is 36.6 Å². The minimum Gasteiger partial charge on any atom is -0.341 e. The number of sulfonamides is 1. The van der Waals surface area contributed by atoms with E-state index >= 15 is 0 Å². The second-order valence-electron chi connectivity index (χ2n) is 6.60. The van der Waals surface area contributed by atoms with Crippen molar-refractivity contribution in [2.45, 2.75) is 26.3 Å². The molecule has 0 saturated heterocycles. The smallest absolute Gasteiger partial charge is 0.232 e. The summed E-state index contributed by atoms with van der Waals surface area (Å²) in [5.41, 5.74) is 2.42. The van der Waals surface area contributed by atoms with Gasteiger partial charge in [0.15, 0.2) is 0 Å². The highest BCUT2D eigenvalue weighted by atomic mass is 35.5. The molecule has 0 aliphatic carbocycles. The number of hydrogen-bond donors (Lipinski definition) is 0. The molecule has 0 heterocycles. The minimum absolute atomic E-state index is 0.0184. The van der Waals surface area contributed by atoms with Crippen molar-refractivity contribution >= 4 is 33.2 Å². The second-order valence-corrected chi connectivity index (χ2v) is 8.95. The summed E-state index contributed by atoms with van der Waals surface area (Å²) >= 11 is 6.03. The molecular weight excluding hydrogens is 384 g/mol. The van der Waals surface area contributed by atoms with Gasteiger partial charge < -0.3 is 4.90 Å². The third kappa shape index (κ3) is 6.26. The fraction of sp³-hybridized carbons (Fsp3) is 0.350. The van der Waals surface area contributed by atoms with Crippen molar-refractivity contribution in [3.05, 3.63) is 64.7 Å². The van der Waals surface area contributed by atoms with E-state index in [-0.39, 0.29) is 18.9 Å². The monoisotopic (exact) mass is 408 g/mol. The number of nitrogens with zero attached hydrogens (tertiary/aromatic N) is 2. The Kier molecular flexibility index (Phi) is 7.27. The third-order valence-electron chi connectivity index (χ3n) is 4.28. The number of amides is 1. The van der Waals surface area contributed by atoms with Gasteiger partial charge >= 0.3 is 0 Å². The molecular formula is C20H25ClN2O3S. The SMILES string of the molecule is Cc1ccc(Cl)cc1N(CCCC(=O)N(C)Cc1ccccc1)S(C)(=O)=O. The second kappa shape index (κ2) is 9.24. The van der Waals surface area contributed by atoms with Crippen molar-refractivity contribution in [1.82, 2.24) is 4.90 Å². The Hall–Kier alpha value is -2.05. The highest BCUT2D eigenvalue weighted by Crippen LogP contribution is 2.26. The molecule has 7 heteroatoms. The molecule has 0 aromatic heterocycles. The van der Waals surface area contributed by atoms with Crippen molar-refractivity contribution in [3.8, 4) is 0 Å². The summed E-state index contributed by atoms with van der Waals surface area (Å²) in [7, 11) is -1.72. The van der Waals surface area contributed by atoms with Crippen molar-refractivity contribution in [3.63, 3.8) is 0 Å². The summed E-state index contributed by atoms with van der Waals surface area (Å²) in [6.07, 6.45) is 1.86. The molecule has 0 aliphatic heterocycles. The molecule has 0 unspecified atom stereocenters. The van der Waals surface area contributed by atoms with Crippen molar-refractivity contribution in [2.75, 3.05) is 24.2 Å². The molecule has 146 valence electrons. The average molecular weight is 409 g/mol. The number of benzene rings is 2. The molecule has 2 rings (SSSR count). The minimum atomic E-state index is -3.47. The Bertz CT molecular complexity index is 885. The Labute approximate surface area is 166 Å². The van der Waals surface area contributed by atoms with E-state index in [0.29, 0.717) is 23.7 Å². The zero-order valence-electron chi connectivity index (χ0n) is 15.9. The van der Waals surface area contributed by atoms with Crippen LogP contribution in [-0.2, 0) is 21.4 Å². The number of halogens is 1. The molecule has 0 saturated carbocycles. The summed E-state index contributed by atoms with van der Waals surface area (Å²) in [4.78, 5) is 14.0. The third-order valence-corrected chi connectivity index (χ3v) is 5.70. The molecule has 0 N–H and O–H groups in total. The molecule has 0 spiro atoms. The average Bonchev–Trinajstić information content (AvgIpc) is 2.60. The van der Waals surface area contributed by atoms with Crippen LogP contribution in [-0.4, -0.2) is 39.1 Å². The lowest BCUT2D eigenvalue weighted by Crippen LogP contribution is -2.33. The van der Waals surface area contributed by atoms with Gasteiger partial charge in [0.05, 0.1) is 11.9 Å². The van der Waals surface area contributed by atoms with Gasteiger partial charge in [-0.3, -0.25) is 9.10 Å². The van der Waals surface area contributed by atoms with Gasteiger partial charge in [-0.1, -0.05) is 48.0 Å². The highest BCUT2D eigenvalue weighted by molar-refractivity contribution is 7.92. The zero-order valence-corrected chi connectivity index (χ0v) is 17.4. The van der Waals surface area contributed by atoms with E-state index in [1.54, 1.807) is 30.1 Å². The number of aryl methyl sites for hydroxylation is 1. The van der Waals surface area contributed by atoms with Gasteiger partial charge in [-0.15, -0.1) is 0 Å². The Morgan fingerprint density at radius 2 is 1.78 bits per heavy atom. The molecule has 2 aromatic carbocycles.